The lowest BCUT2D eigenvalue weighted by Crippen LogP contribution is -2.26. The van der Waals surface area contributed by atoms with Crippen LogP contribution in [0.3, 0.4) is 0 Å². The molecule has 1 aromatic rings. The van der Waals surface area contributed by atoms with E-state index in [4.69, 9.17) is 0 Å². The summed E-state index contributed by atoms with van der Waals surface area (Å²) in [5.41, 5.74) is 2.58. The predicted molar refractivity (Wildman–Crippen MR) is 80.4 cm³/mol. The number of carbonyl (C=O) groups is 1. The van der Waals surface area contributed by atoms with Gasteiger partial charge in [-0.15, -0.1) is 0 Å². The molecule has 0 atom stereocenters. The fraction of sp³-hybridized carbons (Fsp3) is 0.562. The average molecular weight is 262 g/mol. The van der Waals surface area contributed by atoms with Gasteiger partial charge < -0.3 is 10.6 Å². The zero-order chi connectivity index (χ0) is 14.1. The van der Waals surface area contributed by atoms with Crippen molar-refractivity contribution in [2.45, 2.75) is 39.0 Å². The molecule has 0 spiro atoms. The van der Waals surface area contributed by atoms with Crippen molar-refractivity contribution in [3.63, 3.8) is 0 Å². The summed E-state index contributed by atoms with van der Waals surface area (Å²) in [4.78, 5) is 11.6. The molecule has 1 amide bonds. The van der Waals surface area contributed by atoms with Crippen LogP contribution in [0.5, 0.6) is 0 Å². The quantitative estimate of drug-likeness (QED) is 0.707. The molecular weight excluding hydrogens is 236 g/mol. The number of hydrogen-bond acceptors (Lipinski definition) is 2. The second kappa shape index (κ2) is 8.70. The highest BCUT2D eigenvalue weighted by molar-refractivity contribution is 5.76. The normalized spacial score (nSPS) is 10.7. The maximum absolute atomic E-state index is 11.6. The highest BCUT2D eigenvalue weighted by atomic mass is 16.1. The molecule has 19 heavy (non-hydrogen) atoms. The van der Waals surface area contributed by atoms with E-state index < -0.39 is 0 Å². The number of hydrogen-bond donors (Lipinski definition) is 2. The molecule has 0 heterocycles. The summed E-state index contributed by atoms with van der Waals surface area (Å²) in [6.45, 7) is 6.07. The molecule has 1 rings (SSSR count). The second-order valence-electron chi connectivity index (χ2n) is 5.20. The molecule has 0 aliphatic rings. The van der Waals surface area contributed by atoms with Crippen LogP contribution in [0, 0.1) is 0 Å². The maximum Gasteiger partial charge on any atom is 0.220 e. The molecule has 0 unspecified atom stereocenters. The molecule has 0 saturated carbocycles. The van der Waals surface area contributed by atoms with E-state index >= 15 is 0 Å². The standard InChI is InChI=1S/C16H26N2O/c1-13(2)15-8-5-14(6-9-15)7-10-16(19)18-12-4-11-17-3/h5-6,8-9,13,17H,4,7,10-12H2,1-3H3,(H,18,19). The maximum atomic E-state index is 11.6. The summed E-state index contributed by atoms with van der Waals surface area (Å²) >= 11 is 0. The fourth-order valence-electron chi connectivity index (χ4n) is 1.91. The first kappa shape index (κ1) is 15.7. The van der Waals surface area contributed by atoms with E-state index in [1.54, 1.807) is 0 Å². The molecule has 0 bridgehead atoms. The van der Waals surface area contributed by atoms with Gasteiger partial charge in [0.1, 0.15) is 0 Å². The average Bonchev–Trinajstić information content (AvgIpc) is 2.42. The Bertz CT molecular complexity index is 371. The Morgan fingerprint density at radius 1 is 1.16 bits per heavy atom. The Kier molecular flexibility index (Phi) is 7.19. The van der Waals surface area contributed by atoms with Crippen molar-refractivity contribution in [1.82, 2.24) is 10.6 Å². The number of carbonyl (C=O) groups excluding carboxylic acids is 1. The Morgan fingerprint density at radius 3 is 2.42 bits per heavy atom. The molecule has 0 radical (unpaired) electrons. The third kappa shape index (κ3) is 6.39. The Morgan fingerprint density at radius 2 is 1.84 bits per heavy atom. The van der Waals surface area contributed by atoms with Gasteiger partial charge in [0.05, 0.1) is 0 Å². The lowest BCUT2D eigenvalue weighted by atomic mass is 10.0. The van der Waals surface area contributed by atoms with Crippen LogP contribution in [0.1, 0.15) is 43.7 Å². The highest BCUT2D eigenvalue weighted by Crippen LogP contribution is 2.15. The summed E-state index contributed by atoms with van der Waals surface area (Å²) in [6, 6.07) is 8.57. The molecule has 0 fully saturated rings. The predicted octanol–water partition coefficient (Wildman–Crippen LogP) is 2.47. The van der Waals surface area contributed by atoms with Crippen LogP contribution in [0.4, 0.5) is 0 Å². The van der Waals surface area contributed by atoms with Crippen LogP contribution >= 0.6 is 0 Å². The minimum absolute atomic E-state index is 0.143. The van der Waals surface area contributed by atoms with E-state index in [1.165, 1.54) is 11.1 Å². The summed E-state index contributed by atoms with van der Waals surface area (Å²) in [6.07, 6.45) is 2.36. The van der Waals surface area contributed by atoms with Gasteiger partial charge in [0.2, 0.25) is 5.91 Å². The van der Waals surface area contributed by atoms with Gasteiger partial charge in [0.25, 0.3) is 0 Å². The molecule has 0 aliphatic carbocycles. The van der Waals surface area contributed by atoms with Crippen LogP contribution in [0.25, 0.3) is 0 Å². The topological polar surface area (TPSA) is 41.1 Å². The third-order valence-electron chi connectivity index (χ3n) is 3.21. The zero-order valence-electron chi connectivity index (χ0n) is 12.3. The minimum atomic E-state index is 0.143. The first-order chi connectivity index (χ1) is 9.13. The third-order valence-corrected chi connectivity index (χ3v) is 3.21. The van der Waals surface area contributed by atoms with E-state index in [2.05, 4.69) is 48.7 Å². The van der Waals surface area contributed by atoms with Gasteiger partial charge in [-0.1, -0.05) is 38.1 Å². The lowest BCUT2D eigenvalue weighted by molar-refractivity contribution is -0.121. The van der Waals surface area contributed by atoms with Crippen molar-refractivity contribution < 1.29 is 4.79 Å². The lowest BCUT2D eigenvalue weighted by Gasteiger charge is -2.07. The van der Waals surface area contributed by atoms with E-state index in [0.29, 0.717) is 12.3 Å². The molecule has 0 aromatic heterocycles. The van der Waals surface area contributed by atoms with Crippen LogP contribution in [-0.4, -0.2) is 26.0 Å². The SMILES string of the molecule is CNCCCNC(=O)CCc1ccc(C(C)C)cc1. The Balaban J connectivity index is 2.26. The van der Waals surface area contributed by atoms with E-state index in [-0.39, 0.29) is 5.91 Å². The van der Waals surface area contributed by atoms with Crippen molar-refractivity contribution in [1.29, 1.82) is 0 Å². The number of rotatable bonds is 8. The first-order valence-corrected chi connectivity index (χ1v) is 7.13. The Labute approximate surface area is 116 Å². The summed E-state index contributed by atoms with van der Waals surface area (Å²) < 4.78 is 0. The fourth-order valence-corrected chi connectivity index (χ4v) is 1.91. The van der Waals surface area contributed by atoms with Gasteiger partial charge in [-0.05, 0) is 43.5 Å². The summed E-state index contributed by atoms with van der Waals surface area (Å²) in [5.74, 6) is 0.702. The van der Waals surface area contributed by atoms with E-state index in [9.17, 15) is 4.79 Å². The van der Waals surface area contributed by atoms with Crippen molar-refractivity contribution in [2.24, 2.45) is 0 Å². The van der Waals surface area contributed by atoms with Gasteiger partial charge in [0, 0.05) is 13.0 Å². The van der Waals surface area contributed by atoms with Crippen molar-refractivity contribution in [3.05, 3.63) is 35.4 Å². The molecule has 106 valence electrons. The van der Waals surface area contributed by atoms with Crippen LogP contribution in [0.15, 0.2) is 24.3 Å². The molecule has 3 nitrogen and oxygen atoms in total. The van der Waals surface area contributed by atoms with Gasteiger partial charge in [-0.3, -0.25) is 4.79 Å². The largest absolute Gasteiger partial charge is 0.356 e. The first-order valence-electron chi connectivity index (χ1n) is 7.13. The van der Waals surface area contributed by atoms with Crippen molar-refractivity contribution in [3.8, 4) is 0 Å². The number of aryl methyl sites for hydroxylation is 1. The van der Waals surface area contributed by atoms with Gasteiger partial charge >= 0.3 is 0 Å². The smallest absolute Gasteiger partial charge is 0.220 e. The molecular formula is C16H26N2O. The monoisotopic (exact) mass is 262 g/mol. The minimum Gasteiger partial charge on any atom is -0.356 e. The highest BCUT2D eigenvalue weighted by Gasteiger charge is 2.03. The molecule has 2 N–H and O–H groups in total. The van der Waals surface area contributed by atoms with Crippen molar-refractivity contribution in [2.75, 3.05) is 20.1 Å². The number of nitrogens with one attached hydrogen (secondary N) is 2. The second-order valence-corrected chi connectivity index (χ2v) is 5.20. The van der Waals surface area contributed by atoms with Crippen LogP contribution < -0.4 is 10.6 Å². The molecule has 0 saturated heterocycles. The summed E-state index contributed by atoms with van der Waals surface area (Å²) in [5, 5.41) is 6.00. The van der Waals surface area contributed by atoms with Gasteiger partial charge in [0.15, 0.2) is 0 Å². The van der Waals surface area contributed by atoms with Gasteiger partial charge in [-0.2, -0.15) is 0 Å². The molecule has 1 aromatic carbocycles. The van der Waals surface area contributed by atoms with Crippen molar-refractivity contribution >= 4 is 5.91 Å². The van der Waals surface area contributed by atoms with E-state index in [1.807, 2.05) is 7.05 Å². The Hall–Kier alpha value is -1.35. The van der Waals surface area contributed by atoms with E-state index in [0.717, 1.165) is 25.9 Å². The van der Waals surface area contributed by atoms with Crippen LogP contribution in [-0.2, 0) is 11.2 Å². The summed E-state index contributed by atoms with van der Waals surface area (Å²) in [7, 11) is 1.92. The number of amides is 1. The molecule has 0 aliphatic heterocycles. The van der Waals surface area contributed by atoms with Gasteiger partial charge in [-0.25, -0.2) is 0 Å². The number of benzene rings is 1. The van der Waals surface area contributed by atoms with Crippen LogP contribution in [0.2, 0.25) is 0 Å². The zero-order valence-corrected chi connectivity index (χ0v) is 12.3. The molecule has 3 heteroatoms.